The predicted molar refractivity (Wildman–Crippen MR) is 71.1 cm³/mol. The van der Waals surface area contributed by atoms with Crippen LogP contribution < -0.4 is 4.90 Å². The van der Waals surface area contributed by atoms with Gasteiger partial charge in [-0.15, -0.1) is 0 Å². The molecular weight excluding hydrogens is 196 g/mol. The lowest BCUT2D eigenvalue weighted by atomic mass is 9.96. The average Bonchev–Trinajstić information content (AvgIpc) is 2.31. The molecule has 86 valence electrons. The number of hydrogen-bond donors (Lipinski definition) is 0. The van der Waals surface area contributed by atoms with Crippen LogP contribution in [0, 0.1) is 0 Å². The Labute approximate surface area is 98.0 Å². The molecule has 0 radical (unpaired) electrons. The van der Waals surface area contributed by atoms with E-state index in [0.717, 1.165) is 18.5 Å². The molecule has 0 N–H and O–H groups in total. The van der Waals surface area contributed by atoms with E-state index in [-0.39, 0.29) is 0 Å². The summed E-state index contributed by atoms with van der Waals surface area (Å²) < 4.78 is 0. The molecule has 1 aliphatic heterocycles. The summed E-state index contributed by atoms with van der Waals surface area (Å²) in [5, 5.41) is 0. The van der Waals surface area contributed by atoms with Crippen molar-refractivity contribution in [1.29, 1.82) is 0 Å². The minimum atomic E-state index is 0.637. The normalized spacial score (nSPS) is 20.2. The fourth-order valence-electron chi connectivity index (χ4n) is 2.24. The molecule has 2 heteroatoms. The predicted octanol–water partition coefficient (Wildman–Crippen LogP) is 3.57. The fourth-order valence-corrected chi connectivity index (χ4v) is 2.24. The monoisotopic (exact) mass is 216 g/mol. The largest absolute Gasteiger partial charge is 0.372 e. The minimum absolute atomic E-state index is 0.637. The van der Waals surface area contributed by atoms with Crippen LogP contribution in [0.2, 0.25) is 0 Å². The summed E-state index contributed by atoms with van der Waals surface area (Å²) in [5.74, 6) is 0. The highest BCUT2D eigenvalue weighted by Crippen LogP contribution is 2.35. The molecule has 1 atom stereocenters. The Bertz CT molecular complexity index is 396. The van der Waals surface area contributed by atoms with Gasteiger partial charge < -0.3 is 4.90 Å². The van der Waals surface area contributed by atoms with Gasteiger partial charge in [-0.05, 0) is 38.3 Å². The molecule has 0 saturated heterocycles. The first-order chi connectivity index (χ1) is 7.74. The zero-order valence-electron chi connectivity index (χ0n) is 10.4. The molecule has 1 aromatic carbocycles. The van der Waals surface area contributed by atoms with Crippen LogP contribution in [-0.4, -0.2) is 19.3 Å². The van der Waals surface area contributed by atoms with Crippen molar-refractivity contribution >= 4 is 17.6 Å². The fraction of sp³-hybridized carbons (Fsp3) is 0.500. The second-order valence-corrected chi connectivity index (χ2v) is 4.49. The van der Waals surface area contributed by atoms with Gasteiger partial charge in [0.15, 0.2) is 0 Å². The summed E-state index contributed by atoms with van der Waals surface area (Å²) in [6.07, 6.45) is 5.36. The summed E-state index contributed by atoms with van der Waals surface area (Å²) in [6.45, 7) is 4.40. The number of benzene rings is 1. The van der Waals surface area contributed by atoms with Gasteiger partial charge in [-0.2, -0.15) is 0 Å². The Morgan fingerprint density at radius 3 is 3.06 bits per heavy atom. The van der Waals surface area contributed by atoms with E-state index in [0.29, 0.717) is 6.04 Å². The zero-order chi connectivity index (χ0) is 11.5. The van der Waals surface area contributed by atoms with Crippen molar-refractivity contribution in [1.82, 2.24) is 0 Å². The lowest BCUT2D eigenvalue weighted by molar-refractivity contribution is 0.599. The Kier molecular flexibility index (Phi) is 3.28. The maximum absolute atomic E-state index is 4.55. The highest BCUT2D eigenvalue weighted by atomic mass is 15.1. The van der Waals surface area contributed by atoms with Gasteiger partial charge in [0.25, 0.3) is 0 Å². The zero-order valence-corrected chi connectivity index (χ0v) is 10.4. The molecule has 2 rings (SSSR count). The molecule has 0 aromatic heterocycles. The van der Waals surface area contributed by atoms with Gasteiger partial charge >= 0.3 is 0 Å². The van der Waals surface area contributed by atoms with Crippen LogP contribution in [0.15, 0.2) is 23.2 Å². The van der Waals surface area contributed by atoms with Crippen LogP contribution in [-0.2, 0) is 6.42 Å². The third-order valence-electron chi connectivity index (χ3n) is 3.39. The van der Waals surface area contributed by atoms with E-state index in [9.17, 15) is 0 Å². The third-order valence-corrected chi connectivity index (χ3v) is 3.39. The molecule has 16 heavy (non-hydrogen) atoms. The van der Waals surface area contributed by atoms with Crippen molar-refractivity contribution in [3.8, 4) is 0 Å². The van der Waals surface area contributed by atoms with E-state index in [1.165, 1.54) is 17.7 Å². The van der Waals surface area contributed by atoms with Crippen molar-refractivity contribution < 1.29 is 0 Å². The van der Waals surface area contributed by atoms with E-state index in [2.05, 4.69) is 49.0 Å². The van der Waals surface area contributed by atoms with Crippen LogP contribution >= 0.6 is 0 Å². The van der Waals surface area contributed by atoms with Crippen molar-refractivity contribution in [2.24, 2.45) is 4.99 Å². The molecule has 1 heterocycles. The highest BCUT2D eigenvalue weighted by Gasteiger charge is 2.21. The topological polar surface area (TPSA) is 15.6 Å². The van der Waals surface area contributed by atoms with Crippen LogP contribution in [0.25, 0.3) is 0 Å². The number of fused-ring (bicyclic) bond motifs is 1. The molecule has 0 amide bonds. The first-order valence-electron chi connectivity index (χ1n) is 6.11. The smallest absolute Gasteiger partial charge is 0.0678 e. The van der Waals surface area contributed by atoms with Gasteiger partial charge in [-0.1, -0.05) is 13.0 Å². The quantitative estimate of drug-likeness (QED) is 0.690. The molecule has 1 aromatic rings. The van der Waals surface area contributed by atoms with E-state index in [1.54, 1.807) is 0 Å². The number of hydrogen-bond acceptors (Lipinski definition) is 2. The second-order valence-electron chi connectivity index (χ2n) is 4.49. The Hall–Kier alpha value is -1.31. The van der Waals surface area contributed by atoms with Gasteiger partial charge in [-0.25, -0.2) is 0 Å². The summed E-state index contributed by atoms with van der Waals surface area (Å²) in [5.41, 5.74) is 3.91. The number of nitrogens with zero attached hydrogens (tertiary/aromatic N) is 2. The van der Waals surface area contributed by atoms with E-state index >= 15 is 0 Å². The Morgan fingerprint density at radius 1 is 1.50 bits per heavy atom. The van der Waals surface area contributed by atoms with Crippen LogP contribution in [0.3, 0.4) is 0 Å². The van der Waals surface area contributed by atoms with Crippen molar-refractivity contribution in [2.45, 2.75) is 39.2 Å². The molecule has 1 aliphatic rings. The molecule has 0 spiro atoms. The van der Waals surface area contributed by atoms with Crippen molar-refractivity contribution in [3.05, 3.63) is 23.8 Å². The maximum atomic E-state index is 4.55. The lowest BCUT2D eigenvalue weighted by Crippen LogP contribution is -2.33. The number of anilines is 1. The van der Waals surface area contributed by atoms with Crippen molar-refractivity contribution in [3.63, 3.8) is 0 Å². The number of aliphatic imine (C=N–C) groups is 1. The average molecular weight is 216 g/mol. The van der Waals surface area contributed by atoms with E-state index < -0.39 is 0 Å². The maximum Gasteiger partial charge on any atom is 0.0678 e. The third kappa shape index (κ3) is 1.97. The van der Waals surface area contributed by atoms with Crippen LogP contribution in [0.1, 0.15) is 32.3 Å². The van der Waals surface area contributed by atoms with Gasteiger partial charge in [0, 0.05) is 30.6 Å². The van der Waals surface area contributed by atoms with Crippen LogP contribution in [0.5, 0.6) is 0 Å². The molecular formula is C14H20N2. The van der Waals surface area contributed by atoms with Gasteiger partial charge in [0.1, 0.15) is 0 Å². The SMILES string of the molecule is CC/C=N/c1cccc2c1CCC(C)N2C. The van der Waals surface area contributed by atoms with Crippen LogP contribution in [0.4, 0.5) is 11.4 Å². The van der Waals surface area contributed by atoms with Crippen molar-refractivity contribution in [2.75, 3.05) is 11.9 Å². The van der Waals surface area contributed by atoms with E-state index in [1.807, 2.05) is 6.21 Å². The summed E-state index contributed by atoms with van der Waals surface area (Å²) >= 11 is 0. The molecule has 0 bridgehead atoms. The molecule has 0 aliphatic carbocycles. The standard InChI is InChI=1S/C14H20N2/c1-4-10-15-13-6-5-7-14-12(13)9-8-11(2)16(14)3/h5-7,10-11H,4,8-9H2,1-3H3/b15-10+. The van der Waals surface area contributed by atoms with Gasteiger partial charge in [-0.3, -0.25) is 4.99 Å². The van der Waals surface area contributed by atoms with Gasteiger partial charge in [0.2, 0.25) is 0 Å². The summed E-state index contributed by atoms with van der Waals surface area (Å²) in [4.78, 5) is 6.91. The molecule has 0 fully saturated rings. The molecule has 2 nitrogen and oxygen atoms in total. The number of rotatable bonds is 2. The van der Waals surface area contributed by atoms with Gasteiger partial charge in [0.05, 0.1) is 5.69 Å². The Balaban J connectivity index is 2.40. The summed E-state index contributed by atoms with van der Waals surface area (Å²) in [7, 11) is 2.18. The molecule has 0 saturated carbocycles. The Morgan fingerprint density at radius 2 is 2.31 bits per heavy atom. The second kappa shape index (κ2) is 4.69. The minimum Gasteiger partial charge on any atom is -0.372 e. The highest BCUT2D eigenvalue weighted by molar-refractivity contribution is 5.71. The summed E-state index contributed by atoms with van der Waals surface area (Å²) in [6, 6.07) is 7.07. The molecule has 1 unspecified atom stereocenters. The van der Waals surface area contributed by atoms with E-state index in [4.69, 9.17) is 0 Å². The first-order valence-corrected chi connectivity index (χ1v) is 6.11. The lowest BCUT2D eigenvalue weighted by Gasteiger charge is -2.34. The first kappa shape index (κ1) is 11.2.